The second-order valence-corrected chi connectivity index (χ2v) is 4.47. The Morgan fingerprint density at radius 1 is 1.40 bits per heavy atom. The van der Waals surface area contributed by atoms with Gasteiger partial charge >= 0.3 is 5.69 Å². The molecule has 1 N–H and O–H groups in total. The molecular weight excluding hydrogens is 284 g/mol. The number of halogens is 1. The van der Waals surface area contributed by atoms with Crippen molar-refractivity contribution >= 4 is 23.1 Å². The van der Waals surface area contributed by atoms with Gasteiger partial charge in [-0.3, -0.25) is 10.1 Å². The number of anilines is 1. The van der Waals surface area contributed by atoms with Crippen molar-refractivity contribution in [1.29, 1.82) is 0 Å². The molecule has 1 heterocycles. The van der Waals surface area contributed by atoms with Crippen LogP contribution in [0.2, 0.25) is 5.15 Å². The summed E-state index contributed by atoms with van der Waals surface area (Å²) in [6.07, 6.45) is 2.21. The minimum atomic E-state index is -0.567. The number of aromatic nitrogens is 2. The lowest BCUT2D eigenvalue weighted by atomic mass is 10.3. The third kappa shape index (κ3) is 4.90. The molecular formula is C12H19ClN4O3. The first-order chi connectivity index (χ1) is 9.60. The molecule has 1 rings (SSSR count). The molecule has 0 radical (unpaired) electrons. The number of hydrogen-bond donors (Lipinski definition) is 1. The third-order valence-corrected chi connectivity index (χ3v) is 2.77. The van der Waals surface area contributed by atoms with E-state index in [1.807, 2.05) is 13.8 Å². The zero-order chi connectivity index (χ0) is 15.0. The van der Waals surface area contributed by atoms with Crippen molar-refractivity contribution < 1.29 is 9.66 Å². The zero-order valence-electron chi connectivity index (χ0n) is 11.7. The molecule has 20 heavy (non-hydrogen) atoms. The van der Waals surface area contributed by atoms with E-state index in [2.05, 4.69) is 15.3 Å². The molecule has 112 valence electrons. The number of nitrogens with one attached hydrogen (secondary N) is 1. The molecule has 0 bridgehead atoms. The van der Waals surface area contributed by atoms with Crippen LogP contribution in [0, 0.1) is 10.1 Å². The van der Waals surface area contributed by atoms with Crippen LogP contribution in [-0.2, 0) is 11.2 Å². The van der Waals surface area contributed by atoms with Crippen molar-refractivity contribution in [3.05, 3.63) is 21.1 Å². The second-order valence-electron chi connectivity index (χ2n) is 4.11. The molecule has 1 aromatic heterocycles. The lowest BCUT2D eigenvalue weighted by Gasteiger charge is -2.08. The van der Waals surface area contributed by atoms with Crippen LogP contribution < -0.4 is 5.32 Å². The Balaban J connectivity index is 2.81. The smallest absolute Gasteiger partial charge is 0.348 e. The van der Waals surface area contributed by atoms with E-state index < -0.39 is 4.92 Å². The number of hydrogen-bond acceptors (Lipinski definition) is 6. The second kappa shape index (κ2) is 8.65. The van der Waals surface area contributed by atoms with Crippen LogP contribution in [0.3, 0.4) is 0 Å². The number of nitro groups is 1. The van der Waals surface area contributed by atoms with Crippen molar-refractivity contribution in [1.82, 2.24) is 9.97 Å². The Hall–Kier alpha value is -1.47. The molecule has 0 atom stereocenters. The molecule has 7 nitrogen and oxygen atoms in total. The topological polar surface area (TPSA) is 90.2 Å². The molecule has 8 heteroatoms. The van der Waals surface area contributed by atoms with Gasteiger partial charge in [0.05, 0.1) is 4.92 Å². The Kier molecular flexibility index (Phi) is 7.17. The van der Waals surface area contributed by atoms with E-state index >= 15 is 0 Å². The normalized spacial score (nSPS) is 10.6. The molecule has 0 aliphatic rings. The van der Waals surface area contributed by atoms with Crippen molar-refractivity contribution in [2.75, 3.05) is 25.1 Å². The van der Waals surface area contributed by atoms with Crippen molar-refractivity contribution in [2.24, 2.45) is 0 Å². The van der Waals surface area contributed by atoms with Crippen LogP contribution in [0.1, 0.15) is 32.5 Å². The summed E-state index contributed by atoms with van der Waals surface area (Å²) in [7, 11) is 0. The van der Waals surface area contributed by atoms with Gasteiger partial charge in [0.15, 0.2) is 0 Å². The van der Waals surface area contributed by atoms with Crippen LogP contribution in [0.5, 0.6) is 0 Å². The summed E-state index contributed by atoms with van der Waals surface area (Å²) in [5.74, 6) is 0.686. The maximum absolute atomic E-state index is 11.0. The summed E-state index contributed by atoms with van der Waals surface area (Å²) in [5.41, 5.74) is -0.275. The molecule has 0 aliphatic carbocycles. The summed E-state index contributed by atoms with van der Waals surface area (Å²) in [6, 6.07) is 0. The maximum atomic E-state index is 11.0. The van der Waals surface area contributed by atoms with E-state index in [9.17, 15) is 10.1 Å². The minimum absolute atomic E-state index is 0.124. The standard InChI is InChI=1S/C12H19ClN4O3/c1-3-6-9-15-11(13)10(17(18)19)12(16-9)14-7-5-8-20-4-2/h3-8H2,1-2H3,(H,14,15,16). The van der Waals surface area contributed by atoms with Gasteiger partial charge in [-0.05, 0) is 19.8 Å². The molecule has 1 aromatic rings. The summed E-state index contributed by atoms with van der Waals surface area (Å²) in [6.45, 7) is 5.67. The average Bonchev–Trinajstić information content (AvgIpc) is 2.38. The van der Waals surface area contributed by atoms with E-state index in [4.69, 9.17) is 16.3 Å². The Morgan fingerprint density at radius 2 is 2.15 bits per heavy atom. The predicted molar refractivity (Wildman–Crippen MR) is 77.3 cm³/mol. The fourth-order valence-electron chi connectivity index (χ4n) is 1.62. The first kappa shape index (κ1) is 16.6. The van der Waals surface area contributed by atoms with Gasteiger partial charge in [-0.1, -0.05) is 18.5 Å². The summed E-state index contributed by atoms with van der Waals surface area (Å²) < 4.78 is 5.20. The van der Waals surface area contributed by atoms with Gasteiger partial charge in [-0.15, -0.1) is 0 Å². The van der Waals surface area contributed by atoms with Gasteiger partial charge < -0.3 is 10.1 Å². The van der Waals surface area contributed by atoms with Crippen molar-refractivity contribution in [3.63, 3.8) is 0 Å². The molecule has 0 aliphatic heterocycles. The first-order valence-electron chi connectivity index (χ1n) is 6.62. The highest BCUT2D eigenvalue weighted by Crippen LogP contribution is 2.29. The van der Waals surface area contributed by atoms with Gasteiger partial charge in [0.2, 0.25) is 11.0 Å². The quantitative estimate of drug-likeness (QED) is 0.326. The SMILES string of the molecule is CCCc1nc(Cl)c([N+](=O)[O-])c(NCCCOCC)n1. The Morgan fingerprint density at radius 3 is 2.75 bits per heavy atom. The predicted octanol–water partition coefficient (Wildman–Crippen LogP) is 2.83. The summed E-state index contributed by atoms with van der Waals surface area (Å²) >= 11 is 5.87. The molecule has 0 saturated heterocycles. The highest BCUT2D eigenvalue weighted by atomic mass is 35.5. The molecule has 0 fully saturated rings. The van der Waals surface area contributed by atoms with Gasteiger partial charge in [-0.25, -0.2) is 9.97 Å². The number of rotatable bonds is 9. The van der Waals surface area contributed by atoms with Gasteiger partial charge in [0.25, 0.3) is 0 Å². The summed E-state index contributed by atoms with van der Waals surface area (Å²) in [4.78, 5) is 18.6. The van der Waals surface area contributed by atoms with Gasteiger partial charge in [-0.2, -0.15) is 0 Å². The van der Waals surface area contributed by atoms with Gasteiger partial charge in [0, 0.05) is 26.2 Å². The molecule has 0 aromatic carbocycles. The van der Waals surface area contributed by atoms with E-state index in [1.54, 1.807) is 0 Å². The lowest BCUT2D eigenvalue weighted by molar-refractivity contribution is -0.384. The largest absolute Gasteiger partial charge is 0.382 e. The molecule has 0 spiro atoms. The Labute approximate surface area is 122 Å². The fraction of sp³-hybridized carbons (Fsp3) is 0.667. The van der Waals surface area contributed by atoms with Crippen LogP contribution in [0.4, 0.5) is 11.5 Å². The van der Waals surface area contributed by atoms with Crippen molar-refractivity contribution in [3.8, 4) is 0 Å². The lowest BCUT2D eigenvalue weighted by Crippen LogP contribution is -2.11. The highest BCUT2D eigenvalue weighted by molar-refractivity contribution is 6.31. The highest BCUT2D eigenvalue weighted by Gasteiger charge is 2.23. The third-order valence-electron chi connectivity index (χ3n) is 2.51. The number of nitrogens with zero attached hydrogens (tertiary/aromatic N) is 3. The zero-order valence-corrected chi connectivity index (χ0v) is 12.4. The number of ether oxygens (including phenoxy) is 1. The van der Waals surface area contributed by atoms with Gasteiger partial charge in [0.1, 0.15) is 5.82 Å². The Bertz CT molecular complexity index is 457. The molecule has 0 amide bonds. The minimum Gasteiger partial charge on any atom is -0.382 e. The van der Waals surface area contributed by atoms with E-state index in [0.717, 1.165) is 12.8 Å². The fourth-order valence-corrected chi connectivity index (χ4v) is 1.87. The average molecular weight is 303 g/mol. The monoisotopic (exact) mass is 302 g/mol. The molecule has 0 unspecified atom stereocenters. The molecule has 0 saturated carbocycles. The van der Waals surface area contributed by atoms with Crippen LogP contribution in [-0.4, -0.2) is 34.6 Å². The maximum Gasteiger partial charge on any atom is 0.348 e. The van der Waals surface area contributed by atoms with Crippen LogP contribution >= 0.6 is 11.6 Å². The van der Waals surface area contributed by atoms with Crippen LogP contribution in [0.25, 0.3) is 0 Å². The first-order valence-corrected chi connectivity index (χ1v) is 7.00. The van der Waals surface area contributed by atoms with E-state index in [0.29, 0.717) is 32.0 Å². The number of aryl methyl sites for hydroxylation is 1. The van der Waals surface area contributed by atoms with E-state index in [1.165, 1.54) is 0 Å². The van der Waals surface area contributed by atoms with Crippen LogP contribution in [0.15, 0.2) is 0 Å². The van der Waals surface area contributed by atoms with Crippen molar-refractivity contribution in [2.45, 2.75) is 33.1 Å². The summed E-state index contributed by atoms with van der Waals surface area (Å²) in [5, 5.41) is 13.8. The van der Waals surface area contributed by atoms with E-state index in [-0.39, 0.29) is 16.7 Å².